The van der Waals surface area contributed by atoms with Crippen molar-refractivity contribution >= 4 is 29.3 Å². The minimum absolute atomic E-state index is 0.0899. The van der Waals surface area contributed by atoms with E-state index in [9.17, 15) is 9.59 Å². The van der Waals surface area contributed by atoms with E-state index in [4.69, 9.17) is 0 Å². The number of amides is 2. The van der Waals surface area contributed by atoms with E-state index in [1.807, 2.05) is 24.3 Å². The van der Waals surface area contributed by atoms with E-state index in [1.165, 1.54) is 6.92 Å². The molecule has 0 heterocycles. The number of carbonyl (C=O) groups excluding carboxylic acids is 2. The third-order valence-electron chi connectivity index (χ3n) is 2.19. The molecule has 0 atom stereocenters. The van der Waals surface area contributed by atoms with E-state index < -0.39 is 0 Å². The fraction of sp³-hybridized carbons (Fsp3) is 0.385. The zero-order valence-electron chi connectivity index (χ0n) is 10.7. The van der Waals surface area contributed by atoms with Gasteiger partial charge in [-0.2, -0.15) is 0 Å². The van der Waals surface area contributed by atoms with Gasteiger partial charge < -0.3 is 10.6 Å². The van der Waals surface area contributed by atoms with Crippen molar-refractivity contribution < 1.29 is 9.59 Å². The van der Waals surface area contributed by atoms with Crippen LogP contribution in [0.2, 0.25) is 0 Å². The zero-order chi connectivity index (χ0) is 13.4. The summed E-state index contributed by atoms with van der Waals surface area (Å²) in [6, 6.07) is 7.71. The number of carbonyl (C=O) groups is 2. The molecule has 1 aromatic carbocycles. The van der Waals surface area contributed by atoms with Gasteiger partial charge in [0.2, 0.25) is 11.8 Å². The SMILES string of the molecule is CCSc1ccccc1NC(=O)CCNC(C)=O. The first-order chi connectivity index (χ1) is 8.63. The summed E-state index contributed by atoms with van der Waals surface area (Å²) in [5.74, 6) is 0.747. The van der Waals surface area contributed by atoms with Gasteiger partial charge in [-0.25, -0.2) is 0 Å². The molecular weight excluding hydrogens is 248 g/mol. The van der Waals surface area contributed by atoms with Crippen LogP contribution in [0.15, 0.2) is 29.2 Å². The molecule has 0 bridgehead atoms. The van der Waals surface area contributed by atoms with Gasteiger partial charge in [0, 0.05) is 24.8 Å². The second-order valence-corrected chi connectivity index (χ2v) is 5.02. The fourth-order valence-corrected chi connectivity index (χ4v) is 2.18. The van der Waals surface area contributed by atoms with Gasteiger partial charge in [0.1, 0.15) is 0 Å². The van der Waals surface area contributed by atoms with Gasteiger partial charge in [-0.15, -0.1) is 11.8 Å². The summed E-state index contributed by atoms with van der Waals surface area (Å²) in [6.45, 7) is 3.87. The van der Waals surface area contributed by atoms with Crippen LogP contribution in [0.4, 0.5) is 5.69 Å². The highest BCUT2D eigenvalue weighted by molar-refractivity contribution is 7.99. The quantitative estimate of drug-likeness (QED) is 0.777. The van der Waals surface area contributed by atoms with Crippen LogP contribution in [-0.4, -0.2) is 24.1 Å². The Labute approximate surface area is 112 Å². The van der Waals surface area contributed by atoms with Crippen molar-refractivity contribution in [1.29, 1.82) is 0 Å². The van der Waals surface area contributed by atoms with Gasteiger partial charge >= 0.3 is 0 Å². The van der Waals surface area contributed by atoms with Crippen LogP contribution in [0, 0.1) is 0 Å². The minimum Gasteiger partial charge on any atom is -0.356 e. The molecule has 0 spiro atoms. The largest absolute Gasteiger partial charge is 0.356 e. The molecular formula is C13H18N2O2S. The average Bonchev–Trinajstić information content (AvgIpc) is 2.31. The first-order valence-corrected chi connectivity index (χ1v) is 6.88. The van der Waals surface area contributed by atoms with Crippen LogP contribution in [-0.2, 0) is 9.59 Å². The second kappa shape index (κ2) is 7.76. The number of rotatable bonds is 6. The molecule has 0 saturated carbocycles. The van der Waals surface area contributed by atoms with Crippen molar-refractivity contribution in [3.8, 4) is 0 Å². The molecule has 0 fully saturated rings. The van der Waals surface area contributed by atoms with Crippen LogP contribution in [0.5, 0.6) is 0 Å². The number of thioether (sulfide) groups is 1. The lowest BCUT2D eigenvalue weighted by Gasteiger charge is -2.10. The van der Waals surface area contributed by atoms with Crippen LogP contribution < -0.4 is 10.6 Å². The van der Waals surface area contributed by atoms with E-state index in [2.05, 4.69) is 17.6 Å². The highest BCUT2D eigenvalue weighted by Gasteiger charge is 2.06. The maximum absolute atomic E-state index is 11.7. The molecule has 1 rings (SSSR count). The Balaban J connectivity index is 2.50. The van der Waals surface area contributed by atoms with Crippen LogP contribution >= 0.6 is 11.8 Å². The number of benzene rings is 1. The first kappa shape index (κ1) is 14.6. The molecule has 0 aliphatic rings. The number of nitrogens with one attached hydrogen (secondary N) is 2. The third kappa shape index (κ3) is 5.23. The second-order valence-electron chi connectivity index (χ2n) is 3.71. The van der Waals surface area contributed by atoms with Crippen molar-refractivity contribution in [1.82, 2.24) is 5.32 Å². The highest BCUT2D eigenvalue weighted by atomic mass is 32.2. The van der Waals surface area contributed by atoms with Crippen LogP contribution in [0.3, 0.4) is 0 Å². The number of anilines is 1. The van der Waals surface area contributed by atoms with E-state index in [0.29, 0.717) is 6.54 Å². The van der Waals surface area contributed by atoms with Crippen molar-refractivity contribution in [2.24, 2.45) is 0 Å². The first-order valence-electron chi connectivity index (χ1n) is 5.89. The van der Waals surface area contributed by atoms with E-state index >= 15 is 0 Å². The van der Waals surface area contributed by atoms with Crippen molar-refractivity contribution in [2.45, 2.75) is 25.2 Å². The van der Waals surface area contributed by atoms with Crippen molar-refractivity contribution in [2.75, 3.05) is 17.6 Å². The third-order valence-corrected chi connectivity index (χ3v) is 3.14. The zero-order valence-corrected chi connectivity index (χ0v) is 11.5. The lowest BCUT2D eigenvalue weighted by molar-refractivity contribution is -0.119. The summed E-state index contributed by atoms with van der Waals surface area (Å²) in [5, 5.41) is 5.45. The Morgan fingerprint density at radius 2 is 2.00 bits per heavy atom. The van der Waals surface area contributed by atoms with Gasteiger partial charge in [-0.1, -0.05) is 19.1 Å². The van der Waals surface area contributed by atoms with Gasteiger partial charge in [-0.05, 0) is 17.9 Å². The normalized spacial score (nSPS) is 9.89. The van der Waals surface area contributed by atoms with Gasteiger partial charge in [0.05, 0.1) is 5.69 Å². The summed E-state index contributed by atoms with van der Waals surface area (Å²) in [6.07, 6.45) is 0.282. The minimum atomic E-state index is -0.121. The summed E-state index contributed by atoms with van der Waals surface area (Å²) in [7, 11) is 0. The van der Waals surface area contributed by atoms with Crippen LogP contribution in [0.25, 0.3) is 0 Å². The predicted molar refractivity (Wildman–Crippen MR) is 74.8 cm³/mol. The highest BCUT2D eigenvalue weighted by Crippen LogP contribution is 2.26. The van der Waals surface area contributed by atoms with Gasteiger partial charge in [0.25, 0.3) is 0 Å². The van der Waals surface area contributed by atoms with E-state index in [0.717, 1.165) is 16.3 Å². The molecule has 4 nitrogen and oxygen atoms in total. The smallest absolute Gasteiger partial charge is 0.226 e. The van der Waals surface area contributed by atoms with Crippen LogP contribution in [0.1, 0.15) is 20.3 Å². The number of hydrogen-bond donors (Lipinski definition) is 2. The number of para-hydroxylation sites is 1. The lowest BCUT2D eigenvalue weighted by Crippen LogP contribution is -2.25. The lowest BCUT2D eigenvalue weighted by atomic mass is 10.3. The Hall–Kier alpha value is -1.49. The topological polar surface area (TPSA) is 58.2 Å². The molecule has 1 aromatic rings. The molecule has 0 unspecified atom stereocenters. The molecule has 0 saturated heterocycles. The molecule has 0 radical (unpaired) electrons. The fourth-order valence-electron chi connectivity index (χ4n) is 1.42. The van der Waals surface area contributed by atoms with E-state index in [-0.39, 0.29) is 18.2 Å². The van der Waals surface area contributed by atoms with E-state index in [1.54, 1.807) is 11.8 Å². The molecule has 18 heavy (non-hydrogen) atoms. The summed E-state index contributed by atoms with van der Waals surface area (Å²) < 4.78 is 0. The molecule has 0 aromatic heterocycles. The molecule has 2 N–H and O–H groups in total. The van der Waals surface area contributed by atoms with Crippen molar-refractivity contribution in [3.63, 3.8) is 0 Å². The van der Waals surface area contributed by atoms with Gasteiger partial charge in [-0.3, -0.25) is 9.59 Å². The molecule has 2 amide bonds. The molecule has 0 aliphatic heterocycles. The standard InChI is InChI=1S/C13H18N2O2S/c1-3-18-12-7-5-4-6-11(12)15-13(17)8-9-14-10(2)16/h4-7H,3,8-9H2,1-2H3,(H,14,16)(H,15,17). The van der Waals surface area contributed by atoms with Crippen molar-refractivity contribution in [3.05, 3.63) is 24.3 Å². The summed E-state index contributed by atoms with van der Waals surface area (Å²) in [5.41, 5.74) is 0.831. The Morgan fingerprint density at radius 3 is 2.67 bits per heavy atom. The van der Waals surface area contributed by atoms with Gasteiger partial charge in [0.15, 0.2) is 0 Å². The maximum Gasteiger partial charge on any atom is 0.226 e. The summed E-state index contributed by atoms with van der Waals surface area (Å²) in [4.78, 5) is 23.4. The Morgan fingerprint density at radius 1 is 1.28 bits per heavy atom. The molecule has 0 aliphatic carbocycles. The Bertz CT molecular complexity index is 421. The number of hydrogen-bond acceptors (Lipinski definition) is 3. The Kier molecular flexibility index (Phi) is 6.28. The maximum atomic E-state index is 11.7. The monoisotopic (exact) mass is 266 g/mol. The predicted octanol–water partition coefficient (Wildman–Crippen LogP) is 2.26. The molecule has 98 valence electrons. The summed E-state index contributed by atoms with van der Waals surface area (Å²) >= 11 is 1.69. The average molecular weight is 266 g/mol. The molecule has 5 heteroatoms.